The van der Waals surface area contributed by atoms with Crippen LogP contribution in [0.4, 0.5) is 19.6 Å². The molecular weight excluding hydrogens is 504 g/mol. The Hall–Kier alpha value is -3.45. The average molecular weight is 532 g/mol. The van der Waals surface area contributed by atoms with Gasteiger partial charge in [-0.25, -0.2) is 13.8 Å². The highest BCUT2D eigenvalue weighted by Crippen LogP contribution is 2.40. The largest absolute Gasteiger partial charge is 0.388 e. The van der Waals surface area contributed by atoms with Gasteiger partial charge in [-0.05, 0) is 42.3 Å². The lowest BCUT2D eigenvalue weighted by Gasteiger charge is -2.32. The fraction of sp³-hybridized carbons (Fsp3) is 0.320. The highest BCUT2D eigenvalue weighted by atomic mass is 32.1. The summed E-state index contributed by atoms with van der Waals surface area (Å²) in [4.78, 5) is 30.9. The minimum absolute atomic E-state index is 0.0169. The van der Waals surface area contributed by atoms with Gasteiger partial charge in [0.25, 0.3) is 5.91 Å². The Morgan fingerprint density at radius 3 is 2.46 bits per heavy atom. The number of aliphatic hydroxyl groups is 1. The van der Waals surface area contributed by atoms with Gasteiger partial charge in [0.05, 0.1) is 36.1 Å². The molecule has 9 nitrogen and oxygen atoms in total. The number of amides is 2. The quantitative estimate of drug-likeness (QED) is 0.332. The molecule has 0 bridgehead atoms. The Morgan fingerprint density at radius 2 is 1.86 bits per heavy atom. The van der Waals surface area contributed by atoms with E-state index in [2.05, 4.69) is 10.3 Å². The maximum atomic E-state index is 14.9. The van der Waals surface area contributed by atoms with Crippen molar-refractivity contribution in [1.82, 2.24) is 9.88 Å². The van der Waals surface area contributed by atoms with Gasteiger partial charge in [-0.3, -0.25) is 14.5 Å². The third-order valence-corrected chi connectivity index (χ3v) is 7.12. The van der Waals surface area contributed by atoms with Crippen molar-refractivity contribution in [2.24, 2.45) is 11.5 Å². The summed E-state index contributed by atoms with van der Waals surface area (Å²) in [5, 5.41) is 13.2. The van der Waals surface area contributed by atoms with E-state index >= 15 is 0 Å². The van der Waals surface area contributed by atoms with Gasteiger partial charge in [-0.15, -0.1) is 11.3 Å². The van der Waals surface area contributed by atoms with Crippen molar-refractivity contribution in [2.45, 2.75) is 25.5 Å². The first-order valence-corrected chi connectivity index (χ1v) is 12.5. The molecule has 1 fully saturated rings. The second-order valence-electron chi connectivity index (χ2n) is 8.53. The van der Waals surface area contributed by atoms with Crippen LogP contribution in [-0.4, -0.2) is 53.1 Å². The Balaban J connectivity index is 1.67. The molecule has 3 aromatic rings. The van der Waals surface area contributed by atoms with Crippen LogP contribution in [0.15, 0.2) is 36.4 Å². The molecule has 0 aliphatic carbocycles. The molecule has 0 spiro atoms. The van der Waals surface area contributed by atoms with Crippen LogP contribution >= 0.6 is 11.3 Å². The molecule has 12 heteroatoms. The van der Waals surface area contributed by atoms with Crippen LogP contribution in [0.25, 0.3) is 10.4 Å². The SMILES string of the molecule is CCC(O)c1cc(F)c(-c2cc(C(N)=O)c(Nc3cccc(C(C(N)=O)N4CCOCC4)n3)s2)c(F)c1. The van der Waals surface area contributed by atoms with Gasteiger partial charge in [-0.1, -0.05) is 13.0 Å². The molecular formula is C25H27F2N5O4S. The van der Waals surface area contributed by atoms with E-state index in [1.807, 2.05) is 4.90 Å². The number of ether oxygens (including phenoxy) is 1. The zero-order valence-corrected chi connectivity index (χ0v) is 20.9. The molecule has 37 heavy (non-hydrogen) atoms. The number of thiophene rings is 1. The first kappa shape index (κ1) is 26.6. The van der Waals surface area contributed by atoms with Gasteiger partial charge in [-0.2, -0.15) is 0 Å². The number of aromatic nitrogens is 1. The van der Waals surface area contributed by atoms with Crippen molar-refractivity contribution >= 4 is 34.0 Å². The molecule has 4 rings (SSSR count). The van der Waals surface area contributed by atoms with E-state index < -0.39 is 35.6 Å². The molecule has 2 amide bonds. The number of carbonyl (C=O) groups is 2. The Morgan fingerprint density at radius 1 is 1.19 bits per heavy atom. The van der Waals surface area contributed by atoms with Crippen LogP contribution in [0.2, 0.25) is 0 Å². The van der Waals surface area contributed by atoms with Crippen molar-refractivity contribution in [3.05, 3.63) is 64.9 Å². The van der Waals surface area contributed by atoms with E-state index in [9.17, 15) is 23.5 Å². The molecule has 1 saturated heterocycles. The number of hydrogen-bond donors (Lipinski definition) is 4. The minimum atomic E-state index is -1.00. The number of primary amides is 2. The summed E-state index contributed by atoms with van der Waals surface area (Å²) in [6.07, 6.45) is -0.703. The number of nitrogens with two attached hydrogens (primary N) is 2. The molecule has 1 aliphatic heterocycles. The number of carbonyl (C=O) groups excluding carboxylic acids is 2. The van der Waals surface area contributed by atoms with Crippen LogP contribution in [0.3, 0.4) is 0 Å². The van der Waals surface area contributed by atoms with Crippen LogP contribution < -0.4 is 16.8 Å². The van der Waals surface area contributed by atoms with Gasteiger partial charge in [0.2, 0.25) is 5.91 Å². The van der Waals surface area contributed by atoms with Crippen LogP contribution in [-0.2, 0) is 9.53 Å². The molecule has 6 N–H and O–H groups in total. The highest BCUT2D eigenvalue weighted by Gasteiger charge is 2.29. The van der Waals surface area contributed by atoms with Crippen molar-refractivity contribution in [1.29, 1.82) is 0 Å². The van der Waals surface area contributed by atoms with E-state index in [1.54, 1.807) is 25.1 Å². The number of hydrogen-bond acceptors (Lipinski definition) is 8. The van der Waals surface area contributed by atoms with Crippen LogP contribution in [0, 0.1) is 11.6 Å². The number of aliphatic hydroxyl groups excluding tert-OH is 1. The number of halogens is 2. The van der Waals surface area contributed by atoms with Crippen molar-refractivity contribution in [2.75, 3.05) is 31.6 Å². The average Bonchev–Trinajstić information content (AvgIpc) is 3.27. The fourth-order valence-corrected chi connectivity index (χ4v) is 5.30. The zero-order chi connectivity index (χ0) is 26.7. The van der Waals surface area contributed by atoms with E-state index in [0.717, 1.165) is 23.5 Å². The molecule has 3 heterocycles. The third-order valence-electron chi connectivity index (χ3n) is 6.05. The predicted molar refractivity (Wildman–Crippen MR) is 135 cm³/mol. The fourth-order valence-electron chi connectivity index (χ4n) is 4.18. The van der Waals surface area contributed by atoms with Gasteiger partial charge in [0.15, 0.2) is 0 Å². The van der Waals surface area contributed by atoms with E-state index in [1.165, 1.54) is 6.07 Å². The first-order valence-electron chi connectivity index (χ1n) is 11.7. The summed E-state index contributed by atoms with van der Waals surface area (Å²) < 4.78 is 35.2. The Kier molecular flexibility index (Phi) is 8.13. The van der Waals surface area contributed by atoms with Gasteiger partial charge in [0.1, 0.15) is 28.5 Å². The molecule has 1 aliphatic rings. The molecule has 2 unspecified atom stereocenters. The van der Waals surface area contributed by atoms with Crippen molar-refractivity contribution in [3.63, 3.8) is 0 Å². The first-order chi connectivity index (χ1) is 17.7. The maximum absolute atomic E-state index is 14.9. The minimum Gasteiger partial charge on any atom is -0.388 e. The van der Waals surface area contributed by atoms with Crippen molar-refractivity contribution < 1.29 is 28.2 Å². The predicted octanol–water partition coefficient (Wildman–Crippen LogP) is 3.23. The monoisotopic (exact) mass is 531 g/mol. The third kappa shape index (κ3) is 5.77. The smallest absolute Gasteiger partial charge is 0.251 e. The van der Waals surface area contributed by atoms with Crippen molar-refractivity contribution in [3.8, 4) is 10.4 Å². The molecule has 0 saturated carbocycles. The number of morpholine rings is 1. The van der Waals surface area contributed by atoms with Crippen LogP contribution in [0.1, 0.15) is 47.1 Å². The molecule has 2 aromatic heterocycles. The standard InChI is InChI=1S/C25H27F2N5O4S/c1-2-18(33)13-10-15(26)21(16(27)11-13)19-12-14(23(28)34)25(37-19)31-20-5-3-4-17(30-20)22(24(29)35)32-6-8-36-9-7-32/h3-5,10-12,18,22,33H,2,6-9H2,1H3,(H2,28,34)(H2,29,35)(H,30,31). The molecule has 1 aromatic carbocycles. The number of anilines is 2. The highest BCUT2D eigenvalue weighted by molar-refractivity contribution is 7.20. The lowest BCUT2D eigenvalue weighted by molar-refractivity contribution is -0.125. The van der Waals surface area contributed by atoms with Gasteiger partial charge in [0, 0.05) is 18.0 Å². The molecule has 2 atom stereocenters. The van der Waals surface area contributed by atoms with E-state index in [4.69, 9.17) is 16.2 Å². The summed E-state index contributed by atoms with van der Waals surface area (Å²) >= 11 is 0.920. The number of nitrogens with zero attached hydrogens (tertiary/aromatic N) is 2. The number of benzene rings is 1. The van der Waals surface area contributed by atoms with Gasteiger partial charge >= 0.3 is 0 Å². The summed E-state index contributed by atoms with van der Waals surface area (Å²) in [6, 6.07) is 7.64. The topological polar surface area (TPSA) is 144 Å². The summed E-state index contributed by atoms with van der Waals surface area (Å²) in [5.41, 5.74) is 11.4. The number of rotatable bonds is 9. The van der Waals surface area contributed by atoms with Gasteiger partial charge < -0.3 is 26.6 Å². The lowest BCUT2D eigenvalue weighted by atomic mass is 10.0. The normalized spacial score (nSPS) is 15.8. The maximum Gasteiger partial charge on any atom is 0.251 e. The number of nitrogens with one attached hydrogen (secondary N) is 1. The van der Waals surface area contributed by atoms with E-state index in [-0.39, 0.29) is 32.4 Å². The molecule has 196 valence electrons. The molecule has 0 radical (unpaired) electrons. The number of pyridine rings is 1. The Bertz CT molecular complexity index is 1290. The summed E-state index contributed by atoms with van der Waals surface area (Å²) in [6.45, 7) is 3.65. The van der Waals surface area contributed by atoms with Crippen LogP contribution in [0.5, 0.6) is 0 Å². The zero-order valence-electron chi connectivity index (χ0n) is 20.0. The Labute approximate surface area is 216 Å². The summed E-state index contributed by atoms with van der Waals surface area (Å²) in [5.74, 6) is -2.83. The second-order valence-corrected chi connectivity index (χ2v) is 9.58. The summed E-state index contributed by atoms with van der Waals surface area (Å²) in [7, 11) is 0. The second kappa shape index (κ2) is 11.3. The van der Waals surface area contributed by atoms with E-state index in [0.29, 0.717) is 38.4 Å². The lowest BCUT2D eigenvalue weighted by Crippen LogP contribution is -2.44.